The highest BCUT2D eigenvalue weighted by molar-refractivity contribution is 5.28. The zero-order valence-corrected chi connectivity index (χ0v) is 12.3. The van der Waals surface area contributed by atoms with E-state index in [1.807, 2.05) is 18.2 Å². The van der Waals surface area contributed by atoms with E-state index in [4.69, 9.17) is 0 Å². The van der Waals surface area contributed by atoms with Crippen molar-refractivity contribution in [2.24, 2.45) is 0 Å². The lowest BCUT2D eigenvalue weighted by atomic mass is 10.3. The molecule has 1 aliphatic heterocycles. The van der Waals surface area contributed by atoms with Crippen molar-refractivity contribution < 1.29 is 13.2 Å². The molecule has 2 aromatic rings. The van der Waals surface area contributed by atoms with Gasteiger partial charge in [0.05, 0.1) is 5.69 Å². The van der Waals surface area contributed by atoms with E-state index in [0.717, 1.165) is 44.0 Å². The van der Waals surface area contributed by atoms with Crippen molar-refractivity contribution in [3.63, 3.8) is 0 Å². The van der Waals surface area contributed by atoms with E-state index in [9.17, 15) is 13.2 Å². The number of halogens is 3. The number of nitrogens with zero attached hydrogens (tertiary/aromatic N) is 4. The maximum atomic E-state index is 12.7. The molecule has 1 saturated heterocycles. The van der Waals surface area contributed by atoms with Gasteiger partial charge in [0, 0.05) is 38.1 Å². The second kappa shape index (κ2) is 6.49. The smallest absolute Gasteiger partial charge is 0.350 e. The number of aromatic nitrogens is 3. The van der Waals surface area contributed by atoms with E-state index in [0.29, 0.717) is 0 Å². The molecule has 1 unspecified atom stereocenters. The zero-order chi connectivity index (χ0) is 16.3. The van der Waals surface area contributed by atoms with Gasteiger partial charge in [0.2, 0.25) is 5.95 Å². The van der Waals surface area contributed by atoms with Crippen LogP contribution in [0.5, 0.6) is 0 Å². The molecular weight excluding hydrogens is 307 g/mol. The molecule has 5 nitrogen and oxygen atoms in total. The summed E-state index contributed by atoms with van der Waals surface area (Å²) in [7, 11) is 0. The topological polar surface area (TPSA) is 53.9 Å². The molecule has 1 N–H and O–H groups in total. The van der Waals surface area contributed by atoms with Crippen molar-refractivity contribution in [1.29, 1.82) is 0 Å². The monoisotopic (exact) mass is 323 g/mol. The van der Waals surface area contributed by atoms with E-state index >= 15 is 0 Å². The molecule has 1 fully saturated rings. The minimum Gasteiger partial charge on any atom is -0.350 e. The van der Waals surface area contributed by atoms with Gasteiger partial charge in [-0.25, -0.2) is 9.97 Å². The predicted molar refractivity (Wildman–Crippen MR) is 78.6 cm³/mol. The number of nitrogens with one attached hydrogen (secondary N) is 1. The van der Waals surface area contributed by atoms with E-state index in [1.54, 1.807) is 6.20 Å². The van der Waals surface area contributed by atoms with Crippen molar-refractivity contribution in [3.8, 4) is 0 Å². The number of rotatable bonds is 4. The Morgan fingerprint density at radius 1 is 1.17 bits per heavy atom. The van der Waals surface area contributed by atoms with Crippen LogP contribution in [0.25, 0.3) is 0 Å². The minimum absolute atomic E-state index is 0.0181. The standard InChI is InChI=1S/C15H16F3N5/c16-15(17,18)13-4-7-20-14(22-13)21-12-5-8-23(10-12)9-11-3-1-2-6-19-11/h1-4,6-7,12H,5,8-10H2,(H,20,21,22). The van der Waals surface area contributed by atoms with Gasteiger partial charge in [-0.1, -0.05) is 6.07 Å². The molecule has 122 valence electrons. The first-order valence-corrected chi connectivity index (χ1v) is 7.30. The summed E-state index contributed by atoms with van der Waals surface area (Å²) in [6.45, 7) is 2.30. The molecule has 0 amide bonds. The van der Waals surface area contributed by atoms with Crippen LogP contribution in [0.3, 0.4) is 0 Å². The Hall–Kier alpha value is -2.22. The molecule has 2 aromatic heterocycles. The fourth-order valence-corrected chi connectivity index (χ4v) is 2.58. The Kier molecular flexibility index (Phi) is 4.42. The normalized spacial score (nSPS) is 19.0. The lowest BCUT2D eigenvalue weighted by Crippen LogP contribution is -2.27. The van der Waals surface area contributed by atoms with E-state index < -0.39 is 11.9 Å². The van der Waals surface area contributed by atoms with Crippen LogP contribution < -0.4 is 5.32 Å². The molecule has 0 aromatic carbocycles. The third-order valence-electron chi connectivity index (χ3n) is 3.66. The summed E-state index contributed by atoms with van der Waals surface area (Å²) in [5.74, 6) is 0.0181. The molecule has 3 rings (SSSR count). The summed E-state index contributed by atoms with van der Waals surface area (Å²) in [6.07, 6.45) is -0.761. The Labute approximate surface area is 131 Å². The van der Waals surface area contributed by atoms with Gasteiger partial charge in [-0.2, -0.15) is 13.2 Å². The third-order valence-corrected chi connectivity index (χ3v) is 3.66. The number of likely N-dealkylation sites (tertiary alicyclic amines) is 1. The highest BCUT2D eigenvalue weighted by Gasteiger charge is 2.33. The SMILES string of the molecule is FC(F)(F)c1ccnc(NC2CCN(Cc3ccccn3)C2)n1. The first-order chi connectivity index (χ1) is 11.0. The molecule has 23 heavy (non-hydrogen) atoms. The molecular formula is C15H16F3N5. The van der Waals surface area contributed by atoms with E-state index in [2.05, 4.69) is 25.2 Å². The number of hydrogen-bond acceptors (Lipinski definition) is 5. The molecule has 0 saturated carbocycles. The van der Waals surface area contributed by atoms with Gasteiger partial charge in [-0.15, -0.1) is 0 Å². The van der Waals surface area contributed by atoms with Crippen LogP contribution in [0.2, 0.25) is 0 Å². The van der Waals surface area contributed by atoms with E-state index in [1.165, 1.54) is 0 Å². The van der Waals surface area contributed by atoms with Crippen LogP contribution >= 0.6 is 0 Å². The largest absolute Gasteiger partial charge is 0.433 e. The van der Waals surface area contributed by atoms with Gasteiger partial charge < -0.3 is 5.32 Å². The fourth-order valence-electron chi connectivity index (χ4n) is 2.58. The molecule has 8 heteroatoms. The second-order valence-corrected chi connectivity index (χ2v) is 5.45. The maximum absolute atomic E-state index is 12.7. The van der Waals surface area contributed by atoms with Crippen LogP contribution in [-0.4, -0.2) is 39.0 Å². The van der Waals surface area contributed by atoms with Gasteiger partial charge in [-0.05, 0) is 24.6 Å². The first-order valence-electron chi connectivity index (χ1n) is 7.30. The molecule has 0 spiro atoms. The summed E-state index contributed by atoms with van der Waals surface area (Å²) >= 11 is 0. The summed E-state index contributed by atoms with van der Waals surface area (Å²) in [5.41, 5.74) is 0.0433. The van der Waals surface area contributed by atoms with Crippen molar-refractivity contribution in [3.05, 3.63) is 48.0 Å². The second-order valence-electron chi connectivity index (χ2n) is 5.45. The van der Waals surface area contributed by atoms with Crippen molar-refractivity contribution in [2.45, 2.75) is 25.2 Å². The zero-order valence-electron chi connectivity index (χ0n) is 12.3. The summed E-state index contributed by atoms with van der Waals surface area (Å²) in [6, 6.07) is 6.65. The molecule has 0 aliphatic carbocycles. The van der Waals surface area contributed by atoms with Crippen LogP contribution in [0, 0.1) is 0 Å². The van der Waals surface area contributed by atoms with Gasteiger partial charge in [0.25, 0.3) is 0 Å². The molecule has 3 heterocycles. The van der Waals surface area contributed by atoms with Crippen LogP contribution in [0.15, 0.2) is 36.7 Å². The average molecular weight is 323 g/mol. The number of alkyl halides is 3. The summed E-state index contributed by atoms with van der Waals surface area (Å²) in [4.78, 5) is 13.9. The quantitative estimate of drug-likeness (QED) is 0.937. The summed E-state index contributed by atoms with van der Waals surface area (Å²) < 4.78 is 38.0. The number of hydrogen-bond donors (Lipinski definition) is 1. The Morgan fingerprint density at radius 2 is 2.04 bits per heavy atom. The van der Waals surface area contributed by atoms with Crippen molar-refractivity contribution >= 4 is 5.95 Å². The Morgan fingerprint density at radius 3 is 2.78 bits per heavy atom. The molecule has 0 radical (unpaired) electrons. The van der Waals surface area contributed by atoms with E-state index in [-0.39, 0.29) is 12.0 Å². The summed E-state index contributed by atoms with van der Waals surface area (Å²) in [5, 5.41) is 2.98. The van der Waals surface area contributed by atoms with Crippen LogP contribution in [0.4, 0.5) is 19.1 Å². The Balaban J connectivity index is 1.58. The molecule has 1 atom stereocenters. The molecule has 0 bridgehead atoms. The predicted octanol–water partition coefficient (Wildman–Crippen LogP) is 2.58. The van der Waals surface area contributed by atoms with Gasteiger partial charge in [0.15, 0.2) is 0 Å². The number of pyridine rings is 1. The minimum atomic E-state index is -4.46. The fraction of sp³-hybridized carbons (Fsp3) is 0.400. The number of anilines is 1. The first kappa shape index (κ1) is 15.7. The van der Waals surface area contributed by atoms with Gasteiger partial charge in [0.1, 0.15) is 5.69 Å². The van der Waals surface area contributed by atoms with Crippen LogP contribution in [-0.2, 0) is 12.7 Å². The molecule has 1 aliphatic rings. The lowest BCUT2D eigenvalue weighted by molar-refractivity contribution is -0.141. The third kappa shape index (κ3) is 4.16. The van der Waals surface area contributed by atoms with Crippen molar-refractivity contribution in [2.75, 3.05) is 18.4 Å². The van der Waals surface area contributed by atoms with Gasteiger partial charge >= 0.3 is 6.18 Å². The van der Waals surface area contributed by atoms with Crippen LogP contribution in [0.1, 0.15) is 17.8 Å². The lowest BCUT2D eigenvalue weighted by Gasteiger charge is -2.16. The highest BCUT2D eigenvalue weighted by Crippen LogP contribution is 2.27. The van der Waals surface area contributed by atoms with Gasteiger partial charge in [-0.3, -0.25) is 9.88 Å². The average Bonchev–Trinajstić information content (AvgIpc) is 2.95. The van der Waals surface area contributed by atoms with Crippen molar-refractivity contribution in [1.82, 2.24) is 19.9 Å². The maximum Gasteiger partial charge on any atom is 0.433 e. The highest BCUT2D eigenvalue weighted by atomic mass is 19.4. The Bertz CT molecular complexity index is 647.